The number of hydrogen-bond donors (Lipinski definition) is 1. The van der Waals surface area contributed by atoms with Gasteiger partial charge in [-0.15, -0.1) is 0 Å². The summed E-state index contributed by atoms with van der Waals surface area (Å²) < 4.78 is 0. The van der Waals surface area contributed by atoms with Crippen LogP contribution in [-0.2, 0) is 5.41 Å². The van der Waals surface area contributed by atoms with Crippen LogP contribution in [0.3, 0.4) is 0 Å². The lowest BCUT2D eigenvalue weighted by Crippen LogP contribution is -2.58. The Balaban J connectivity index is 1.76. The van der Waals surface area contributed by atoms with E-state index in [-0.39, 0.29) is 0 Å². The molecule has 0 amide bonds. The van der Waals surface area contributed by atoms with Crippen molar-refractivity contribution < 1.29 is 0 Å². The first-order valence-electron chi connectivity index (χ1n) is 8.11. The number of allylic oxidation sites excluding steroid dienone is 1. The minimum absolute atomic E-state index is 0.357. The van der Waals surface area contributed by atoms with Crippen LogP contribution in [0.5, 0.6) is 0 Å². The van der Waals surface area contributed by atoms with Crippen molar-refractivity contribution in [1.82, 2.24) is 4.90 Å². The first-order chi connectivity index (χ1) is 9.84. The van der Waals surface area contributed by atoms with Crippen LogP contribution in [0.4, 0.5) is 5.69 Å². The topological polar surface area (TPSA) is 15.3 Å². The number of para-hydroxylation sites is 1. The highest BCUT2D eigenvalue weighted by Crippen LogP contribution is 2.60. The largest absolute Gasteiger partial charge is 0.381 e. The monoisotopic (exact) mass is 266 g/mol. The molecule has 4 unspecified atom stereocenters. The van der Waals surface area contributed by atoms with Crippen LogP contribution in [0, 0.1) is 5.92 Å². The average molecular weight is 266 g/mol. The van der Waals surface area contributed by atoms with Crippen LogP contribution in [0.1, 0.15) is 31.7 Å². The van der Waals surface area contributed by atoms with Gasteiger partial charge in [0, 0.05) is 23.2 Å². The molecule has 4 atom stereocenters. The summed E-state index contributed by atoms with van der Waals surface area (Å²) >= 11 is 0. The van der Waals surface area contributed by atoms with E-state index in [1.165, 1.54) is 38.0 Å². The third-order valence-corrected chi connectivity index (χ3v) is 6.45. The van der Waals surface area contributed by atoms with Gasteiger partial charge in [0.05, 0.1) is 0 Å². The van der Waals surface area contributed by atoms with Gasteiger partial charge in [-0.05, 0) is 56.8 Å². The molecule has 2 bridgehead atoms. The number of anilines is 1. The Morgan fingerprint density at radius 1 is 1.30 bits per heavy atom. The van der Waals surface area contributed by atoms with Gasteiger partial charge < -0.3 is 5.32 Å². The molecule has 2 saturated heterocycles. The van der Waals surface area contributed by atoms with Gasteiger partial charge in [-0.2, -0.15) is 0 Å². The average Bonchev–Trinajstić information content (AvgIpc) is 3.03. The summed E-state index contributed by atoms with van der Waals surface area (Å²) in [7, 11) is 0. The zero-order valence-electron chi connectivity index (χ0n) is 12.1. The van der Waals surface area contributed by atoms with Crippen LogP contribution < -0.4 is 5.32 Å². The smallest absolute Gasteiger partial charge is 0.0428 e. The number of hydrogen-bond acceptors (Lipinski definition) is 2. The number of fused-ring (bicyclic) bond motifs is 2. The Kier molecular flexibility index (Phi) is 2.09. The number of nitrogens with zero attached hydrogens (tertiary/aromatic N) is 1. The minimum Gasteiger partial charge on any atom is -0.381 e. The molecule has 1 aromatic rings. The summed E-state index contributed by atoms with van der Waals surface area (Å²) in [5.74, 6) is 0.819. The second-order valence-corrected chi connectivity index (χ2v) is 6.98. The number of nitrogens with one attached hydrogen (secondary N) is 1. The molecule has 2 nitrogen and oxygen atoms in total. The third-order valence-electron chi connectivity index (χ3n) is 6.45. The van der Waals surface area contributed by atoms with Crippen molar-refractivity contribution in [2.75, 3.05) is 18.4 Å². The van der Waals surface area contributed by atoms with E-state index < -0.39 is 0 Å². The summed E-state index contributed by atoms with van der Waals surface area (Å²) in [4.78, 5) is 2.77. The fourth-order valence-electron chi connectivity index (χ4n) is 5.75. The van der Waals surface area contributed by atoms with Gasteiger partial charge in [-0.3, -0.25) is 4.90 Å². The van der Waals surface area contributed by atoms with E-state index in [0.717, 1.165) is 5.92 Å². The van der Waals surface area contributed by atoms with Crippen LogP contribution in [-0.4, -0.2) is 30.1 Å². The van der Waals surface area contributed by atoms with Gasteiger partial charge >= 0.3 is 0 Å². The molecule has 20 heavy (non-hydrogen) atoms. The molecular weight excluding hydrogens is 244 g/mol. The summed E-state index contributed by atoms with van der Waals surface area (Å²) in [5.41, 5.74) is 5.10. The molecule has 1 spiro atoms. The maximum absolute atomic E-state index is 3.87. The normalized spacial score (nSPS) is 43.2. The SMILES string of the molecule is C/C=C1/C2CCN3CCC4(c5ccccc5NC4C2)C13. The third kappa shape index (κ3) is 1.12. The molecule has 2 heteroatoms. The lowest BCUT2D eigenvalue weighted by molar-refractivity contribution is 0.124. The fraction of sp³-hybridized carbons (Fsp3) is 0.556. The van der Waals surface area contributed by atoms with E-state index in [2.05, 4.69) is 47.5 Å². The lowest BCUT2D eigenvalue weighted by atomic mass is 9.58. The van der Waals surface area contributed by atoms with Gasteiger partial charge in [0.15, 0.2) is 0 Å². The highest BCUT2D eigenvalue weighted by atomic mass is 15.2. The number of piperidine rings is 1. The van der Waals surface area contributed by atoms with Crippen LogP contribution in [0.2, 0.25) is 0 Å². The Bertz CT molecular complexity index is 605. The molecule has 104 valence electrons. The molecule has 3 fully saturated rings. The van der Waals surface area contributed by atoms with E-state index in [9.17, 15) is 0 Å². The van der Waals surface area contributed by atoms with E-state index in [1.54, 1.807) is 11.1 Å². The van der Waals surface area contributed by atoms with Gasteiger partial charge in [0.25, 0.3) is 0 Å². The summed E-state index contributed by atoms with van der Waals surface area (Å²) in [6.45, 7) is 4.84. The quantitative estimate of drug-likeness (QED) is 0.726. The van der Waals surface area contributed by atoms with E-state index in [0.29, 0.717) is 17.5 Å². The summed E-state index contributed by atoms with van der Waals surface area (Å²) in [6, 6.07) is 10.4. The van der Waals surface area contributed by atoms with Gasteiger partial charge in [-0.25, -0.2) is 0 Å². The van der Waals surface area contributed by atoms with Gasteiger partial charge in [0.1, 0.15) is 0 Å². The Labute approximate surface area is 120 Å². The molecule has 4 aliphatic rings. The maximum atomic E-state index is 3.87. The fourth-order valence-corrected chi connectivity index (χ4v) is 5.75. The summed E-state index contributed by atoms with van der Waals surface area (Å²) in [5, 5.41) is 3.87. The predicted octanol–water partition coefficient (Wildman–Crippen LogP) is 3.16. The van der Waals surface area contributed by atoms with Crippen molar-refractivity contribution in [2.45, 2.75) is 43.7 Å². The molecule has 0 aromatic heterocycles. The first kappa shape index (κ1) is 11.4. The van der Waals surface area contributed by atoms with Crippen LogP contribution in [0.25, 0.3) is 0 Å². The van der Waals surface area contributed by atoms with Crippen molar-refractivity contribution >= 4 is 5.69 Å². The second kappa shape index (κ2) is 3.67. The maximum Gasteiger partial charge on any atom is 0.0428 e. The molecule has 0 radical (unpaired) electrons. The Hall–Kier alpha value is -1.28. The highest BCUT2D eigenvalue weighted by Gasteiger charge is 2.62. The zero-order chi connectivity index (χ0) is 13.3. The Morgan fingerprint density at radius 2 is 2.20 bits per heavy atom. The van der Waals surface area contributed by atoms with E-state index >= 15 is 0 Å². The van der Waals surface area contributed by atoms with Gasteiger partial charge in [0.2, 0.25) is 0 Å². The standard InChI is InChI=1S/C18H22N2/c1-2-13-12-7-9-20-10-8-18(17(13)20)14-5-3-4-6-15(14)19-16(18)11-12/h2-6,12,16-17,19H,7-11H2,1H3/b13-2-. The van der Waals surface area contributed by atoms with Crippen molar-refractivity contribution in [2.24, 2.45) is 5.92 Å². The van der Waals surface area contributed by atoms with Crippen molar-refractivity contribution in [3.8, 4) is 0 Å². The minimum atomic E-state index is 0.357. The molecule has 1 aliphatic carbocycles. The Morgan fingerprint density at radius 3 is 3.10 bits per heavy atom. The molecule has 5 rings (SSSR count). The molecule has 3 heterocycles. The van der Waals surface area contributed by atoms with Crippen molar-refractivity contribution in [3.63, 3.8) is 0 Å². The van der Waals surface area contributed by atoms with Crippen LogP contribution in [0.15, 0.2) is 35.9 Å². The zero-order valence-corrected chi connectivity index (χ0v) is 12.1. The van der Waals surface area contributed by atoms with E-state index in [1.807, 2.05) is 0 Å². The highest BCUT2D eigenvalue weighted by molar-refractivity contribution is 5.65. The first-order valence-corrected chi connectivity index (χ1v) is 8.11. The molecular formula is C18H22N2. The number of benzene rings is 1. The lowest BCUT2D eigenvalue weighted by Gasteiger charge is -2.52. The van der Waals surface area contributed by atoms with Gasteiger partial charge in [-0.1, -0.05) is 29.8 Å². The van der Waals surface area contributed by atoms with Crippen molar-refractivity contribution in [1.29, 1.82) is 0 Å². The van der Waals surface area contributed by atoms with E-state index in [4.69, 9.17) is 0 Å². The molecule has 1 saturated carbocycles. The van der Waals surface area contributed by atoms with Crippen LogP contribution >= 0.6 is 0 Å². The number of rotatable bonds is 0. The molecule has 1 aromatic carbocycles. The van der Waals surface area contributed by atoms with Crippen molar-refractivity contribution in [3.05, 3.63) is 41.5 Å². The molecule has 1 N–H and O–H groups in total. The summed E-state index contributed by atoms with van der Waals surface area (Å²) in [6.07, 6.45) is 6.46. The molecule has 3 aliphatic heterocycles. The second-order valence-electron chi connectivity index (χ2n) is 6.98. The predicted molar refractivity (Wildman–Crippen MR) is 82.0 cm³/mol.